The molecule has 2 heteroatoms. The Labute approximate surface area is 111 Å². The van der Waals surface area contributed by atoms with Gasteiger partial charge >= 0.3 is 0 Å². The molecule has 0 aliphatic carbocycles. The molecule has 0 aliphatic rings. The lowest BCUT2D eigenvalue weighted by Crippen LogP contribution is -2.20. The fourth-order valence-corrected chi connectivity index (χ4v) is 2.23. The molecule has 0 saturated carbocycles. The average molecular weight is 254 g/mol. The third-order valence-corrected chi connectivity index (χ3v) is 3.40. The summed E-state index contributed by atoms with van der Waals surface area (Å²) in [5, 5.41) is 0. The summed E-state index contributed by atoms with van der Waals surface area (Å²) in [4.78, 5) is 2.38. The summed E-state index contributed by atoms with van der Waals surface area (Å²) >= 11 is 5.74. The van der Waals surface area contributed by atoms with Crippen LogP contribution in [0, 0.1) is 12.8 Å². The van der Waals surface area contributed by atoms with Crippen LogP contribution in [0.1, 0.15) is 30.9 Å². The minimum Gasteiger partial charge on any atom is -0.302 e. The molecule has 0 amide bonds. The van der Waals surface area contributed by atoms with Gasteiger partial charge in [0.25, 0.3) is 0 Å². The Hall–Kier alpha value is -0.530. The SMILES string of the molecule is Cc1ccc(CN(C)CCC(C)CCCl)cc1. The van der Waals surface area contributed by atoms with Crippen LogP contribution in [0.15, 0.2) is 24.3 Å². The van der Waals surface area contributed by atoms with Gasteiger partial charge in [0.05, 0.1) is 0 Å². The Morgan fingerprint density at radius 2 is 1.82 bits per heavy atom. The van der Waals surface area contributed by atoms with Crippen LogP contribution >= 0.6 is 11.6 Å². The Kier molecular flexibility index (Phi) is 6.61. The Morgan fingerprint density at radius 1 is 1.18 bits per heavy atom. The molecule has 1 aromatic rings. The van der Waals surface area contributed by atoms with Crippen molar-refractivity contribution in [2.24, 2.45) is 5.92 Å². The lowest BCUT2D eigenvalue weighted by atomic mass is 10.0. The standard InChI is InChI=1S/C15H24ClN/c1-13-4-6-15(7-5-13)12-17(3)11-9-14(2)8-10-16/h4-7,14H,8-12H2,1-3H3. The van der Waals surface area contributed by atoms with Gasteiger partial charge < -0.3 is 4.90 Å². The van der Waals surface area contributed by atoms with E-state index in [0.717, 1.165) is 31.3 Å². The van der Waals surface area contributed by atoms with Gasteiger partial charge in [-0.15, -0.1) is 11.6 Å². The number of nitrogens with zero attached hydrogens (tertiary/aromatic N) is 1. The zero-order chi connectivity index (χ0) is 12.7. The zero-order valence-electron chi connectivity index (χ0n) is 11.2. The quantitative estimate of drug-likeness (QED) is 0.662. The van der Waals surface area contributed by atoms with Crippen LogP contribution in [0.3, 0.4) is 0 Å². The summed E-state index contributed by atoms with van der Waals surface area (Å²) in [6, 6.07) is 8.79. The second kappa shape index (κ2) is 7.73. The monoisotopic (exact) mass is 253 g/mol. The Morgan fingerprint density at radius 3 is 2.41 bits per heavy atom. The number of aryl methyl sites for hydroxylation is 1. The van der Waals surface area contributed by atoms with Crippen LogP contribution in [0.4, 0.5) is 0 Å². The molecule has 0 spiro atoms. The largest absolute Gasteiger partial charge is 0.302 e. The van der Waals surface area contributed by atoms with Crippen molar-refractivity contribution in [3.05, 3.63) is 35.4 Å². The highest BCUT2D eigenvalue weighted by Crippen LogP contribution is 2.11. The van der Waals surface area contributed by atoms with Gasteiger partial charge in [-0.25, -0.2) is 0 Å². The molecule has 1 nitrogen and oxygen atoms in total. The Balaban J connectivity index is 2.29. The molecule has 0 radical (unpaired) electrons. The van der Waals surface area contributed by atoms with E-state index in [2.05, 4.69) is 50.1 Å². The van der Waals surface area contributed by atoms with Gasteiger partial charge in [0, 0.05) is 12.4 Å². The number of halogens is 1. The lowest BCUT2D eigenvalue weighted by Gasteiger charge is -2.19. The molecule has 0 N–H and O–H groups in total. The van der Waals surface area contributed by atoms with Crippen molar-refractivity contribution in [3.63, 3.8) is 0 Å². The van der Waals surface area contributed by atoms with Crippen molar-refractivity contribution in [3.8, 4) is 0 Å². The first-order valence-corrected chi connectivity index (χ1v) is 6.95. The molecule has 0 bridgehead atoms. The van der Waals surface area contributed by atoms with E-state index in [1.807, 2.05) is 0 Å². The highest BCUT2D eigenvalue weighted by molar-refractivity contribution is 6.17. The number of rotatable bonds is 7. The molecule has 0 fully saturated rings. The van der Waals surface area contributed by atoms with Crippen LogP contribution in [0.2, 0.25) is 0 Å². The van der Waals surface area contributed by atoms with Crippen molar-refractivity contribution < 1.29 is 0 Å². The predicted octanol–water partition coefficient (Wildman–Crippen LogP) is 4.08. The first-order valence-electron chi connectivity index (χ1n) is 6.42. The predicted molar refractivity (Wildman–Crippen MR) is 76.6 cm³/mol. The third-order valence-electron chi connectivity index (χ3n) is 3.18. The van der Waals surface area contributed by atoms with Gasteiger partial charge in [0.2, 0.25) is 0 Å². The van der Waals surface area contributed by atoms with Gasteiger partial charge in [-0.1, -0.05) is 36.8 Å². The summed E-state index contributed by atoms with van der Waals surface area (Å²) in [5.74, 6) is 1.51. The highest BCUT2D eigenvalue weighted by Gasteiger charge is 2.04. The third kappa shape index (κ3) is 6.09. The molecule has 0 aliphatic heterocycles. The van der Waals surface area contributed by atoms with E-state index in [1.165, 1.54) is 17.5 Å². The van der Waals surface area contributed by atoms with Crippen molar-refractivity contribution in [2.45, 2.75) is 33.2 Å². The average Bonchev–Trinajstić information content (AvgIpc) is 2.30. The Bertz CT molecular complexity index is 307. The normalized spacial score (nSPS) is 13.0. The topological polar surface area (TPSA) is 3.24 Å². The second-order valence-corrected chi connectivity index (χ2v) is 5.47. The smallest absolute Gasteiger partial charge is 0.0230 e. The highest BCUT2D eigenvalue weighted by atomic mass is 35.5. The molecule has 1 unspecified atom stereocenters. The number of hydrogen-bond acceptors (Lipinski definition) is 1. The number of hydrogen-bond donors (Lipinski definition) is 0. The van der Waals surface area contributed by atoms with Crippen molar-refractivity contribution in [1.82, 2.24) is 4.90 Å². The molecule has 1 atom stereocenters. The van der Waals surface area contributed by atoms with E-state index in [1.54, 1.807) is 0 Å². The molecule has 1 aromatic carbocycles. The molecular weight excluding hydrogens is 230 g/mol. The second-order valence-electron chi connectivity index (χ2n) is 5.09. The van der Waals surface area contributed by atoms with Crippen molar-refractivity contribution in [2.75, 3.05) is 19.5 Å². The van der Waals surface area contributed by atoms with E-state index >= 15 is 0 Å². The molecule has 1 rings (SSSR count). The minimum absolute atomic E-state index is 0.730. The maximum Gasteiger partial charge on any atom is 0.0230 e. The van der Waals surface area contributed by atoms with Crippen molar-refractivity contribution in [1.29, 1.82) is 0 Å². The minimum atomic E-state index is 0.730. The van der Waals surface area contributed by atoms with Gasteiger partial charge in [-0.3, -0.25) is 0 Å². The maximum absolute atomic E-state index is 5.74. The summed E-state index contributed by atoms with van der Waals surface area (Å²) in [7, 11) is 2.19. The summed E-state index contributed by atoms with van der Waals surface area (Å²) < 4.78 is 0. The maximum atomic E-state index is 5.74. The van der Waals surface area contributed by atoms with E-state index < -0.39 is 0 Å². The number of alkyl halides is 1. The fourth-order valence-electron chi connectivity index (χ4n) is 1.86. The van der Waals surface area contributed by atoms with E-state index in [0.29, 0.717) is 0 Å². The van der Waals surface area contributed by atoms with Crippen LogP contribution in [0.5, 0.6) is 0 Å². The molecule has 0 saturated heterocycles. The molecular formula is C15H24ClN. The van der Waals surface area contributed by atoms with E-state index in [-0.39, 0.29) is 0 Å². The van der Waals surface area contributed by atoms with E-state index in [9.17, 15) is 0 Å². The molecule has 96 valence electrons. The van der Waals surface area contributed by atoms with Crippen LogP contribution in [0.25, 0.3) is 0 Å². The van der Waals surface area contributed by atoms with Crippen LogP contribution in [-0.4, -0.2) is 24.4 Å². The van der Waals surface area contributed by atoms with Crippen LogP contribution < -0.4 is 0 Å². The van der Waals surface area contributed by atoms with Gasteiger partial charge in [0.1, 0.15) is 0 Å². The summed E-state index contributed by atoms with van der Waals surface area (Å²) in [5.41, 5.74) is 2.72. The number of benzene rings is 1. The molecule has 0 heterocycles. The fraction of sp³-hybridized carbons (Fsp3) is 0.600. The first-order chi connectivity index (χ1) is 8.11. The van der Waals surface area contributed by atoms with Gasteiger partial charge in [-0.2, -0.15) is 0 Å². The zero-order valence-corrected chi connectivity index (χ0v) is 12.0. The molecule has 17 heavy (non-hydrogen) atoms. The molecule has 0 aromatic heterocycles. The van der Waals surface area contributed by atoms with E-state index in [4.69, 9.17) is 11.6 Å². The van der Waals surface area contributed by atoms with Crippen LogP contribution in [-0.2, 0) is 6.54 Å². The van der Waals surface area contributed by atoms with Gasteiger partial charge in [-0.05, 0) is 44.8 Å². The first kappa shape index (κ1) is 14.5. The van der Waals surface area contributed by atoms with Gasteiger partial charge in [0.15, 0.2) is 0 Å². The van der Waals surface area contributed by atoms with Crippen molar-refractivity contribution >= 4 is 11.6 Å². The summed E-state index contributed by atoms with van der Waals surface area (Å²) in [6.45, 7) is 6.59. The summed E-state index contributed by atoms with van der Waals surface area (Å²) in [6.07, 6.45) is 2.36. The lowest BCUT2D eigenvalue weighted by molar-refractivity contribution is 0.296.